The van der Waals surface area contributed by atoms with Crippen molar-refractivity contribution >= 4 is 39.3 Å². The minimum atomic E-state index is -0.233. The molecule has 0 spiro atoms. The van der Waals surface area contributed by atoms with Gasteiger partial charge in [0.25, 0.3) is 5.91 Å². The Hall–Kier alpha value is -2.54. The molecule has 2 aliphatic rings. The Bertz CT molecular complexity index is 847. The SMILES string of the molecule is O=C(NC1=Nc2ccc(Br)cc2C2=NCCN12)c1cccnc1. The zero-order chi connectivity index (χ0) is 15.8. The second-order valence-corrected chi connectivity index (χ2v) is 6.07. The Morgan fingerprint density at radius 2 is 2.22 bits per heavy atom. The van der Waals surface area contributed by atoms with E-state index in [4.69, 9.17) is 0 Å². The summed E-state index contributed by atoms with van der Waals surface area (Å²) in [6, 6.07) is 9.28. The van der Waals surface area contributed by atoms with E-state index in [9.17, 15) is 4.79 Å². The normalized spacial score (nSPS) is 15.4. The molecule has 1 aromatic carbocycles. The van der Waals surface area contributed by atoms with Gasteiger partial charge in [-0.1, -0.05) is 15.9 Å². The maximum absolute atomic E-state index is 12.4. The molecule has 1 amide bonds. The van der Waals surface area contributed by atoms with Gasteiger partial charge < -0.3 is 0 Å². The van der Waals surface area contributed by atoms with Crippen molar-refractivity contribution in [2.75, 3.05) is 13.1 Å². The Morgan fingerprint density at radius 1 is 1.30 bits per heavy atom. The first-order chi connectivity index (χ1) is 11.2. The molecule has 3 heterocycles. The van der Waals surface area contributed by atoms with E-state index in [-0.39, 0.29) is 5.91 Å². The third kappa shape index (κ3) is 2.53. The third-order valence-electron chi connectivity index (χ3n) is 3.67. The largest absolute Gasteiger partial charge is 0.294 e. The zero-order valence-electron chi connectivity index (χ0n) is 12.0. The molecule has 4 rings (SSSR count). The summed E-state index contributed by atoms with van der Waals surface area (Å²) >= 11 is 3.47. The van der Waals surface area contributed by atoms with Crippen LogP contribution in [-0.4, -0.2) is 40.7 Å². The second kappa shape index (κ2) is 5.58. The van der Waals surface area contributed by atoms with Gasteiger partial charge in [0.1, 0.15) is 5.84 Å². The molecule has 1 aromatic heterocycles. The number of halogens is 1. The number of aromatic nitrogens is 1. The number of benzene rings is 1. The lowest BCUT2D eigenvalue weighted by molar-refractivity contribution is 0.0973. The summed E-state index contributed by atoms with van der Waals surface area (Å²) < 4.78 is 0.976. The number of guanidine groups is 1. The molecule has 7 heteroatoms. The molecule has 0 unspecified atom stereocenters. The number of carbonyl (C=O) groups excluding carboxylic acids is 1. The maximum Gasteiger partial charge on any atom is 0.259 e. The van der Waals surface area contributed by atoms with Gasteiger partial charge in [0, 0.05) is 29.0 Å². The molecule has 0 atom stereocenters. The van der Waals surface area contributed by atoms with E-state index in [2.05, 4.69) is 36.2 Å². The van der Waals surface area contributed by atoms with Crippen LogP contribution in [0, 0.1) is 0 Å². The quantitative estimate of drug-likeness (QED) is 0.838. The molecule has 0 aliphatic carbocycles. The van der Waals surface area contributed by atoms with Crippen LogP contribution >= 0.6 is 15.9 Å². The van der Waals surface area contributed by atoms with Crippen LogP contribution in [0.1, 0.15) is 15.9 Å². The highest BCUT2D eigenvalue weighted by atomic mass is 79.9. The fourth-order valence-corrected chi connectivity index (χ4v) is 2.97. The lowest BCUT2D eigenvalue weighted by atomic mass is 10.1. The Kier molecular flexibility index (Phi) is 3.42. The van der Waals surface area contributed by atoms with Gasteiger partial charge in [0.05, 0.1) is 17.8 Å². The van der Waals surface area contributed by atoms with Gasteiger partial charge in [-0.2, -0.15) is 0 Å². The smallest absolute Gasteiger partial charge is 0.259 e. The molecule has 0 fully saturated rings. The van der Waals surface area contributed by atoms with Gasteiger partial charge in [0.2, 0.25) is 5.96 Å². The molecule has 0 saturated heterocycles. The monoisotopic (exact) mass is 369 g/mol. The van der Waals surface area contributed by atoms with E-state index < -0.39 is 0 Å². The van der Waals surface area contributed by atoms with Crippen LogP contribution in [0.2, 0.25) is 0 Å². The zero-order valence-corrected chi connectivity index (χ0v) is 13.6. The van der Waals surface area contributed by atoms with Crippen molar-refractivity contribution in [3.63, 3.8) is 0 Å². The Morgan fingerprint density at radius 3 is 3.04 bits per heavy atom. The molecule has 2 aliphatic heterocycles. The van der Waals surface area contributed by atoms with Crippen LogP contribution in [0.25, 0.3) is 0 Å². The van der Waals surface area contributed by atoms with Crippen molar-refractivity contribution < 1.29 is 4.79 Å². The van der Waals surface area contributed by atoms with Gasteiger partial charge in [-0.3, -0.25) is 25.0 Å². The minimum absolute atomic E-state index is 0.233. The molecular weight excluding hydrogens is 358 g/mol. The molecule has 0 radical (unpaired) electrons. The summed E-state index contributed by atoms with van der Waals surface area (Å²) in [7, 11) is 0. The highest BCUT2D eigenvalue weighted by Crippen LogP contribution is 2.30. The molecule has 1 N–H and O–H groups in total. The van der Waals surface area contributed by atoms with Crippen molar-refractivity contribution in [2.45, 2.75) is 0 Å². The van der Waals surface area contributed by atoms with Crippen molar-refractivity contribution in [1.29, 1.82) is 0 Å². The summed E-state index contributed by atoms with van der Waals surface area (Å²) in [4.78, 5) is 27.4. The lowest BCUT2D eigenvalue weighted by Gasteiger charge is -2.27. The summed E-state index contributed by atoms with van der Waals surface area (Å²) in [5, 5.41) is 2.87. The number of hydrogen-bond donors (Lipinski definition) is 1. The molecule has 2 aromatic rings. The van der Waals surface area contributed by atoms with E-state index in [1.165, 1.54) is 6.20 Å². The van der Waals surface area contributed by atoms with E-state index in [1.54, 1.807) is 18.3 Å². The number of carbonyl (C=O) groups is 1. The van der Waals surface area contributed by atoms with Crippen molar-refractivity contribution in [3.05, 3.63) is 58.3 Å². The summed E-state index contributed by atoms with van der Waals surface area (Å²) in [5.74, 6) is 1.12. The number of nitrogens with zero attached hydrogens (tertiary/aromatic N) is 4. The molecule has 0 saturated carbocycles. The number of nitrogens with one attached hydrogen (secondary N) is 1. The number of aliphatic imine (C=N–C) groups is 2. The van der Waals surface area contributed by atoms with Gasteiger partial charge in [-0.05, 0) is 30.3 Å². The molecule has 0 bridgehead atoms. The van der Waals surface area contributed by atoms with Crippen LogP contribution in [0.4, 0.5) is 5.69 Å². The first-order valence-corrected chi connectivity index (χ1v) is 7.94. The molecule has 6 nitrogen and oxygen atoms in total. The molecule has 23 heavy (non-hydrogen) atoms. The average Bonchev–Trinajstić information content (AvgIpc) is 3.06. The summed E-state index contributed by atoms with van der Waals surface area (Å²) in [6.45, 7) is 1.39. The van der Waals surface area contributed by atoms with Crippen molar-refractivity contribution in [3.8, 4) is 0 Å². The van der Waals surface area contributed by atoms with E-state index in [1.807, 2.05) is 23.1 Å². The van der Waals surface area contributed by atoms with Crippen LogP contribution in [0.3, 0.4) is 0 Å². The third-order valence-corrected chi connectivity index (χ3v) is 4.16. The minimum Gasteiger partial charge on any atom is -0.294 e. The van der Waals surface area contributed by atoms with E-state index >= 15 is 0 Å². The Balaban J connectivity index is 1.70. The fourth-order valence-electron chi connectivity index (χ4n) is 2.61. The van der Waals surface area contributed by atoms with Crippen LogP contribution in [0.5, 0.6) is 0 Å². The highest BCUT2D eigenvalue weighted by Gasteiger charge is 2.30. The number of hydrogen-bond acceptors (Lipinski definition) is 5. The van der Waals surface area contributed by atoms with E-state index in [0.717, 1.165) is 21.6 Å². The Labute approximate surface area is 141 Å². The highest BCUT2D eigenvalue weighted by molar-refractivity contribution is 9.10. The van der Waals surface area contributed by atoms with Gasteiger partial charge in [-0.15, -0.1) is 0 Å². The lowest BCUT2D eigenvalue weighted by Crippen LogP contribution is -2.47. The summed E-state index contributed by atoms with van der Waals surface area (Å²) in [5.41, 5.74) is 2.26. The standard InChI is InChI=1S/C16H12BrN5O/c17-11-3-4-13-12(8-11)14-19-6-7-22(14)16(20-13)21-15(23)10-2-1-5-18-9-10/h1-5,8-9H,6-7H2,(H,20,21,23). The van der Waals surface area contributed by atoms with Crippen LogP contribution in [-0.2, 0) is 0 Å². The number of fused-ring (bicyclic) bond motifs is 3. The van der Waals surface area contributed by atoms with E-state index in [0.29, 0.717) is 24.6 Å². The average molecular weight is 370 g/mol. The van der Waals surface area contributed by atoms with Crippen molar-refractivity contribution in [2.24, 2.45) is 9.98 Å². The first-order valence-electron chi connectivity index (χ1n) is 7.14. The van der Waals surface area contributed by atoms with Gasteiger partial charge in [-0.25, -0.2) is 4.99 Å². The second-order valence-electron chi connectivity index (χ2n) is 5.15. The number of pyridine rings is 1. The predicted octanol–water partition coefficient (Wildman–Crippen LogP) is 2.34. The fraction of sp³-hybridized carbons (Fsp3) is 0.125. The maximum atomic E-state index is 12.4. The number of rotatable bonds is 1. The number of amidine groups is 1. The summed E-state index contributed by atoms with van der Waals surface area (Å²) in [6.07, 6.45) is 3.16. The molecular formula is C16H12BrN5O. The van der Waals surface area contributed by atoms with Crippen LogP contribution < -0.4 is 5.32 Å². The topological polar surface area (TPSA) is 70.0 Å². The predicted molar refractivity (Wildman–Crippen MR) is 91.1 cm³/mol. The molecule has 114 valence electrons. The van der Waals surface area contributed by atoms with Gasteiger partial charge in [0.15, 0.2) is 0 Å². The van der Waals surface area contributed by atoms with Crippen molar-refractivity contribution in [1.82, 2.24) is 15.2 Å². The van der Waals surface area contributed by atoms with Gasteiger partial charge >= 0.3 is 0 Å². The number of amides is 1. The first kappa shape index (κ1) is 14.1. The van der Waals surface area contributed by atoms with Crippen LogP contribution in [0.15, 0.2) is 57.2 Å².